The summed E-state index contributed by atoms with van der Waals surface area (Å²) in [5.74, 6) is -1.49. The number of amides is 3. The second kappa shape index (κ2) is 12.6. The number of carbonyl (C=O) groups is 3. The molecule has 0 aliphatic carbocycles. The van der Waals surface area contributed by atoms with Crippen molar-refractivity contribution in [2.45, 2.75) is 45.0 Å². The van der Waals surface area contributed by atoms with Crippen molar-refractivity contribution in [1.29, 1.82) is 0 Å². The molecule has 0 aliphatic rings. The highest BCUT2D eigenvalue weighted by Crippen LogP contribution is 2.29. The predicted octanol–water partition coefficient (Wildman–Crippen LogP) is 2.65. The van der Waals surface area contributed by atoms with Gasteiger partial charge in [0.15, 0.2) is 0 Å². The van der Waals surface area contributed by atoms with Crippen LogP contribution in [0.2, 0.25) is 0 Å². The Morgan fingerprint density at radius 2 is 1.71 bits per heavy atom. The lowest BCUT2D eigenvalue weighted by Gasteiger charge is -2.33. The molecule has 0 aromatic heterocycles. The Labute approximate surface area is 205 Å². The summed E-state index contributed by atoms with van der Waals surface area (Å²) >= 11 is 0. The number of benzene rings is 2. The van der Waals surface area contributed by atoms with Crippen LogP contribution in [0.15, 0.2) is 67.3 Å². The van der Waals surface area contributed by atoms with E-state index in [4.69, 9.17) is 4.74 Å². The molecule has 35 heavy (non-hydrogen) atoms. The Morgan fingerprint density at radius 3 is 2.29 bits per heavy atom. The Bertz CT molecular complexity index is 1020. The van der Waals surface area contributed by atoms with E-state index in [9.17, 15) is 24.6 Å². The molecule has 2 rings (SSSR count). The Hall–Kier alpha value is -3.85. The highest BCUT2D eigenvalue weighted by Gasteiger charge is 2.36. The molecule has 2 aromatic rings. The lowest BCUT2D eigenvalue weighted by atomic mass is 10.0. The number of aliphatic hydroxyl groups excluding tert-OH is 1. The lowest BCUT2D eigenvalue weighted by molar-refractivity contribution is -0.142. The topological polar surface area (TPSA) is 128 Å². The fourth-order valence-electron chi connectivity index (χ4n) is 3.35. The van der Waals surface area contributed by atoms with E-state index in [1.165, 1.54) is 18.2 Å². The number of phenolic OH excluding ortho intramolecular Hbond substituents is 1. The summed E-state index contributed by atoms with van der Waals surface area (Å²) in [7, 11) is 0. The van der Waals surface area contributed by atoms with Gasteiger partial charge in [-0.25, -0.2) is 4.79 Å². The molecular weight excluding hydrogens is 450 g/mol. The van der Waals surface area contributed by atoms with Crippen LogP contribution in [0.3, 0.4) is 0 Å². The minimum Gasteiger partial charge on any atom is -0.508 e. The zero-order valence-corrected chi connectivity index (χ0v) is 20.2. The van der Waals surface area contributed by atoms with E-state index in [-0.39, 0.29) is 24.4 Å². The van der Waals surface area contributed by atoms with Crippen molar-refractivity contribution < 1.29 is 29.3 Å². The number of carbonyl (C=O) groups excluding carboxylic acids is 3. The minimum absolute atomic E-state index is 0.0942. The van der Waals surface area contributed by atoms with E-state index < -0.39 is 42.2 Å². The fourth-order valence-corrected chi connectivity index (χ4v) is 3.35. The van der Waals surface area contributed by atoms with Gasteiger partial charge < -0.3 is 30.5 Å². The van der Waals surface area contributed by atoms with Crippen molar-refractivity contribution >= 4 is 17.9 Å². The van der Waals surface area contributed by atoms with E-state index >= 15 is 0 Å². The van der Waals surface area contributed by atoms with Crippen molar-refractivity contribution in [3.8, 4) is 5.75 Å². The number of hydrogen-bond acceptors (Lipinski definition) is 6. The number of aromatic hydroxyl groups is 1. The van der Waals surface area contributed by atoms with Gasteiger partial charge in [0.2, 0.25) is 11.8 Å². The Kier molecular flexibility index (Phi) is 9.84. The first-order chi connectivity index (χ1) is 16.6. The Balaban J connectivity index is 2.37. The van der Waals surface area contributed by atoms with Crippen LogP contribution >= 0.6 is 0 Å². The molecule has 0 radical (unpaired) electrons. The summed E-state index contributed by atoms with van der Waals surface area (Å²) in [6.07, 6.45) is 0.521. The zero-order chi connectivity index (χ0) is 26.0. The first kappa shape index (κ1) is 27.4. The number of phenols is 1. The van der Waals surface area contributed by atoms with Gasteiger partial charge in [-0.1, -0.05) is 54.6 Å². The van der Waals surface area contributed by atoms with Gasteiger partial charge in [0.1, 0.15) is 23.4 Å². The van der Waals surface area contributed by atoms with Gasteiger partial charge in [-0.05, 0) is 32.4 Å². The smallest absolute Gasteiger partial charge is 0.408 e. The molecule has 0 aliphatic heterocycles. The molecule has 0 saturated heterocycles. The maximum absolute atomic E-state index is 13.5. The zero-order valence-electron chi connectivity index (χ0n) is 20.2. The molecule has 2 atom stereocenters. The van der Waals surface area contributed by atoms with Gasteiger partial charge in [-0.15, -0.1) is 6.58 Å². The quantitative estimate of drug-likeness (QED) is 0.385. The SMILES string of the molecule is C=CCN(C(=O)C(CO)NC(=O)OC(C)(C)C)C(C(=O)NCc1ccccc1)c1ccccc1O. The first-order valence-corrected chi connectivity index (χ1v) is 11.2. The highest BCUT2D eigenvalue weighted by atomic mass is 16.6. The van der Waals surface area contributed by atoms with E-state index in [2.05, 4.69) is 17.2 Å². The van der Waals surface area contributed by atoms with E-state index in [1.807, 2.05) is 30.3 Å². The summed E-state index contributed by atoms with van der Waals surface area (Å²) in [6, 6.07) is 12.7. The molecule has 0 bridgehead atoms. The molecule has 0 saturated carbocycles. The van der Waals surface area contributed by atoms with Crippen LogP contribution in [0, 0.1) is 0 Å². The molecule has 0 fully saturated rings. The number of ether oxygens (including phenoxy) is 1. The average Bonchev–Trinajstić information content (AvgIpc) is 2.81. The lowest BCUT2D eigenvalue weighted by Crippen LogP contribution is -2.54. The van der Waals surface area contributed by atoms with Crippen LogP contribution < -0.4 is 10.6 Å². The maximum atomic E-state index is 13.5. The van der Waals surface area contributed by atoms with Crippen LogP contribution in [0.1, 0.15) is 37.9 Å². The first-order valence-electron chi connectivity index (χ1n) is 11.2. The van der Waals surface area contributed by atoms with Crippen molar-refractivity contribution in [3.63, 3.8) is 0 Å². The van der Waals surface area contributed by atoms with Gasteiger partial charge in [-0.3, -0.25) is 9.59 Å². The number of rotatable bonds is 10. The molecule has 4 N–H and O–H groups in total. The van der Waals surface area contributed by atoms with Gasteiger partial charge in [0.25, 0.3) is 0 Å². The monoisotopic (exact) mass is 483 g/mol. The maximum Gasteiger partial charge on any atom is 0.408 e. The number of para-hydroxylation sites is 1. The number of alkyl carbamates (subject to hydrolysis) is 1. The highest BCUT2D eigenvalue weighted by molar-refractivity contribution is 5.92. The minimum atomic E-state index is -1.39. The van der Waals surface area contributed by atoms with Crippen LogP contribution in [0.5, 0.6) is 5.75 Å². The molecule has 3 amide bonds. The third-order valence-corrected chi connectivity index (χ3v) is 4.88. The van der Waals surface area contributed by atoms with Crippen LogP contribution in [0.4, 0.5) is 4.79 Å². The van der Waals surface area contributed by atoms with Gasteiger partial charge in [-0.2, -0.15) is 0 Å². The van der Waals surface area contributed by atoms with Crippen molar-refractivity contribution in [3.05, 3.63) is 78.4 Å². The summed E-state index contributed by atoms with van der Waals surface area (Å²) in [4.78, 5) is 40.2. The van der Waals surface area contributed by atoms with Crippen molar-refractivity contribution in [2.75, 3.05) is 13.2 Å². The van der Waals surface area contributed by atoms with Gasteiger partial charge in [0.05, 0.1) is 6.61 Å². The van der Waals surface area contributed by atoms with E-state index in [0.717, 1.165) is 10.5 Å². The molecule has 0 heterocycles. The van der Waals surface area contributed by atoms with Crippen LogP contribution in [-0.4, -0.2) is 57.8 Å². The largest absolute Gasteiger partial charge is 0.508 e. The van der Waals surface area contributed by atoms with Crippen LogP contribution in [-0.2, 0) is 20.9 Å². The molecular formula is C26H33N3O6. The fraction of sp³-hybridized carbons (Fsp3) is 0.346. The summed E-state index contributed by atoms with van der Waals surface area (Å²) < 4.78 is 5.19. The molecule has 9 nitrogen and oxygen atoms in total. The standard InChI is InChI=1S/C26H33N3O6/c1-5-15-29(24(33)20(17-30)28-25(34)35-26(2,3)4)22(19-13-9-10-14-21(19)31)23(32)27-16-18-11-7-6-8-12-18/h5-14,20,22,30-31H,1,15-17H2,2-4H3,(H,27,32)(H,28,34). The normalized spacial score (nSPS) is 12.7. The van der Waals surface area contributed by atoms with Gasteiger partial charge in [0, 0.05) is 18.7 Å². The number of nitrogens with one attached hydrogen (secondary N) is 2. The number of aliphatic hydroxyl groups is 1. The molecule has 0 spiro atoms. The molecule has 2 aromatic carbocycles. The van der Waals surface area contributed by atoms with E-state index in [1.54, 1.807) is 32.9 Å². The third kappa shape index (κ3) is 8.15. The molecule has 9 heteroatoms. The number of hydrogen-bond donors (Lipinski definition) is 4. The average molecular weight is 484 g/mol. The second-order valence-corrected chi connectivity index (χ2v) is 8.83. The predicted molar refractivity (Wildman–Crippen MR) is 131 cm³/mol. The van der Waals surface area contributed by atoms with Crippen molar-refractivity contribution in [2.24, 2.45) is 0 Å². The molecule has 2 unspecified atom stereocenters. The Morgan fingerprint density at radius 1 is 1.09 bits per heavy atom. The third-order valence-electron chi connectivity index (χ3n) is 4.88. The van der Waals surface area contributed by atoms with Crippen LogP contribution in [0.25, 0.3) is 0 Å². The number of nitrogens with zero attached hydrogens (tertiary/aromatic N) is 1. The van der Waals surface area contributed by atoms with E-state index in [0.29, 0.717) is 0 Å². The summed E-state index contributed by atoms with van der Waals surface area (Å²) in [6.45, 7) is 8.03. The second-order valence-electron chi connectivity index (χ2n) is 8.83. The van der Waals surface area contributed by atoms with Crippen molar-refractivity contribution in [1.82, 2.24) is 15.5 Å². The summed E-state index contributed by atoms with van der Waals surface area (Å²) in [5.41, 5.74) is 0.212. The van der Waals surface area contributed by atoms with Gasteiger partial charge >= 0.3 is 6.09 Å². The summed E-state index contributed by atoms with van der Waals surface area (Å²) in [5, 5.41) is 25.5. The molecule has 188 valence electrons.